The fourth-order valence-electron chi connectivity index (χ4n) is 4.36. The van der Waals surface area contributed by atoms with Crippen LogP contribution in [0.5, 0.6) is 0 Å². The van der Waals surface area contributed by atoms with Crippen LogP contribution in [0.2, 0.25) is 0 Å². The number of hydrogen-bond donors (Lipinski definition) is 1. The molecule has 0 atom stereocenters. The van der Waals surface area contributed by atoms with Crippen LogP contribution in [0.4, 0.5) is 8.78 Å². The molecule has 1 aliphatic carbocycles. The summed E-state index contributed by atoms with van der Waals surface area (Å²) in [5, 5.41) is 3.65. The first-order valence-corrected chi connectivity index (χ1v) is 9.40. The summed E-state index contributed by atoms with van der Waals surface area (Å²) in [5.74, 6) is 0.154. The Balaban J connectivity index is 1.44. The van der Waals surface area contributed by atoms with E-state index in [2.05, 4.69) is 5.32 Å². The molecule has 0 spiro atoms. The van der Waals surface area contributed by atoms with Gasteiger partial charge in [-0.1, -0.05) is 0 Å². The van der Waals surface area contributed by atoms with Gasteiger partial charge in [-0.2, -0.15) is 0 Å². The number of nitrogens with one attached hydrogen (secondary N) is 1. The second kappa shape index (κ2) is 8.39. The molecule has 1 N–H and O–H groups in total. The van der Waals surface area contributed by atoms with Gasteiger partial charge < -0.3 is 10.1 Å². The number of aryl methyl sites for hydroxylation is 1. The van der Waals surface area contributed by atoms with Gasteiger partial charge >= 0.3 is 0 Å². The van der Waals surface area contributed by atoms with Gasteiger partial charge in [-0.3, -0.25) is 0 Å². The average molecular weight is 337 g/mol. The van der Waals surface area contributed by atoms with Gasteiger partial charge in [0.25, 0.3) is 0 Å². The molecule has 0 radical (unpaired) electrons. The van der Waals surface area contributed by atoms with E-state index >= 15 is 0 Å². The maximum Gasteiger partial charge on any atom is 0.129 e. The van der Waals surface area contributed by atoms with Gasteiger partial charge in [0, 0.05) is 25.3 Å². The minimum atomic E-state index is -0.471. The number of benzene rings is 1. The third-order valence-corrected chi connectivity index (χ3v) is 5.76. The van der Waals surface area contributed by atoms with Crippen molar-refractivity contribution < 1.29 is 13.5 Å². The van der Waals surface area contributed by atoms with E-state index in [0.717, 1.165) is 81.4 Å². The maximum atomic E-state index is 14.1. The molecule has 0 aromatic heterocycles. The molecule has 1 saturated heterocycles. The van der Waals surface area contributed by atoms with Gasteiger partial charge in [0.2, 0.25) is 0 Å². The molecular weight excluding hydrogens is 308 g/mol. The molecule has 0 unspecified atom stereocenters. The minimum Gasteiger partial charge on any atom is -0.381 e. The summed E-state index contributed by atoms with van der Waals surface area (Å²) in [6, 6.07) is 3.11. The standard InChI is InChI=1S/C20H29F2NO/c1-14-12-17(21)13-19(22)20(14)16-4-2-15(3-5-16)6-9-23-18-7-10-24-11-8-18/h12-13,15-16,18,23H,2-11H2,1H3. The van der Waals surface area contributed by atoms with Gasteiger partial charge in [0.05, 0.1) is 0 Å². The Bertz CT molecular complexity index is 511. The van der Waals surface area contributed by atoms with Crippen molar-refractivity contribution in [2.75, 3.05) is 19.8 Å². The maximum absolute atomic E-state index is 14.1. The second-order valence-corrected chi connectivity index (χ2v) is 7.47. The van der Waals surface area contributed by atoms with Gasteiger partial charge in [0.1, 0.15) is 11.6 Å². The average Bonchev–Trinajstić information content (AvgIpc) is 2.56. The summed E-state index contributed by atoms with van der Waals surface area (Å²) in [6.07, 6.45) is 7.78. The van der Waals surface area contributed by atoms with Gasteiger partial charge in [-0.05, 0) is 87.4 Å². The topological polar surface area (TPSA) is 21.3 Å². The first-order chi connectivity index (χ1) is 11.6. The Hall–Kier alpha value is -1.00. The lowest BCUT2D eigenvalue weighted by molar-refractivity contribution is 0.0775. The van der Waals surface area contributed by atoms with Crippen LogP contribution in [-0.2, 0) is 4.74 Å². The second-order valence-electron chi connectivity index (χ2n) is 7.47. The van der Waals surface area contributed by atoms with E-state index in [-0.39, 0.29) is 11.7 Å². The third-order valence-electron chi connectivity index (χ3n) is 5.76. The smallest absolute Gasteiger partial charge is 0.129 e. The van der Waals surface area contributed by atoms with Crippen LogP contribution < -0.4 is 5.32 Å². The normalized spacial score (nSPS) is 25.8. The Morgan fingerprint density at radius 3 is 2.42 bits per heavy atom. The zero-order valence-electron chi connectivity index (χ0n) is 14.6. The molecule has 1 saturated carbocycles. The van der Waals surface area contributed by atoms with Crippen LogP contribution in [0.15, 0.2) is 12.1 Å². The highest BCUT2D eigenvalue weighted by Gasteiger charge is 2.26. The Kier molecular flexibility index (Phi) is 6.23. The van der Waals surface area contributed by atoms with Gasteiger partial charge in [-0.25, -0.2) is 8.78 Å². The molecular formula is C20H29F2NO. The zero-order valence-corrected chi connectivity index (χ0v) is 14.6. The minimum absolute atomic E-state index is 0.255. The van der Waals surface area contributed by atoms with E-state index in [1.165, 1.54) is 12.5 Å². The molecule has 0 bridgehead atoms. The highest BCUT2D eigenvalue weighted by molar-refractivity contribution is 5.31. The Labute approximate surface area is 144 Å². The van der Waals surface area contributed by atoms with E-state index in [9.17, 15) is 8.78 Å². The number of hydrogen-bond acceptors (Lipinski definition) is 2. The third kappa shape index (κ3) is 4.54. The highest BCUT2D eigenvalue weighted by Crippen LogP contribution is 2.39. The predicted octanol–water partition coefficient (Wildman–Crippen LogP) is 4.71. The van der Waals surface area contributed by atoms with Crippen molar-refractivity contribution in [3.8, 4) is 0 Å². The summed E-state index contributed by atoms with van der Waals surface area (Å²) in [5.41, 5.74) is 1.51. The summed E-state index contributed by atoms with van der Waals surface area (Å²) in [4.78, 5) is 0. The molecule has 2 aliphatic rings. The molecule has 1 aromatic carbocycles. The summed E-state index contributed by atoms with van der Waals surface area (Å²) in [7, 11) is 0. The molecule has 1 heterocycles. The van der Waals surface area contributed by atoms with Crippen LogP contribution in [0.1, 0.15) is 62.0 Å². The van der Waals surface area contributed by atoms with Crippen molar-refractivity contribution in [3.63, 3.8) is 0 Å². The van der Waals surface area contributed by atoms with E-state index in [1.54, 1.807) is 0 Å². The first-order valence-electron chi connectivity index (χ1n) is 9.40. The predicted molar refractivity (Wildman–Crippen MR) is 92.3 cm³/mol. The molecule has 134 valence electrons. The lowest BCUT2D eigenvalue weighted by Gasteiger charge is -2.31. The summed E-state index contributed by atoms with van der Waals surface area (Å²) in [6.45, 7) is 4.66. The summed E-state index contributed by atoms with van der Waals surface area (Å²) < 4.78 is 32.8. The molecule has 3 rings (SSSR count). The quantitative estimate of drug-likeness (QED) is 0.840. The molecule has 0 amide bonds. The van der Waals surface area contributed by atoms with Crippen molar-refractivity contribution >= 4 is 0 Å². The SMILES string of the molecule is Cc1cc(F)cc(F)c1C1CCC(CCNC2CCOCC2)CC1. The van der Waals surface area contributed by atoms with Crippen molar-refractivity contribution in [1.29, 1.82) is 0 Å². The Morgan fingerprint density at radius 1 is 1.04 bits per heavy atom. The van der Waals surface area contributed by atoms with Crippen LogP contribution in [0.25, 0.3) is 0 Å². The monoisotopic (exact) mass is 337 g/mol. The van der Waals surface area contributed by atoms with Crippen LogP contribution in [0.3, 0.4) is 0 Å². The van der Waals surface area contributed by atoms with Crippen LogP contribution >= 0.6 is 0 Å². The van der Waals surface area contributed by atoms with E-state index < -0.39 is 5.82 Å². The lowest BCUT2D eigenvalue weighted by Crippen LogP contribution is -2.36. The van der Waals surface area contributed by atoms with E-state index in [4.69, 9.17) is 4.74 Å². The fraction of sp³-hybridized carbons (Fsp3) is 0.700. The fourth-order valence-corrected chi connectivity index (χ4v) is 4.36. The lowest BCUT2D eigenvalue weighted by atomic mass is 9.76. The largest absolute Gasteiger partial charge is 0.381 e. The zero-order chi connectivity index (χ0) is 16.9. The van der Waals surface area contributed by atoms with Gasteiger partial charge in [0.15, 0.2) is 0 Å². The number of halogens is 2. The molecule has 1 aromatic rings. The van der Waals surface area contributed by atoms with Crippen LogP contribution in [0, 0.1) is 24.5 Å². The molecule has 4 heteroatoms. The van der Waals surface area contributed by atoms with Crippen molar-refractivity contribution in [2.24, 2.45) is 5.92 Å². The Morgan fingerprint density at radius 2 is 1.75 bits per heavy atom. The highest BCUT2D eigenvalue weighted by atomic mass is 19.1. The van der Waals surface area contributed by atoms with E-state index in [0.29, 0.717) is 6.04 Å². The summed E-state index contributed by atoms with van der Waals surface area (Å²) >= 11 is 0. The number of ether oxygens (including phenoxy) is 1. The molecule has 24 heavy (non-hydrogen) atoms. The first kappa shape index (κ1) is 17.8. The van der Waals surface area contributed by atoms with Gasteiger partial charge in [-0.15, -0.1) is 0 Å². The van der Waals surface area contributed by atoms with Crippen LogP contribution in [-0.4, -0.2) is 25.8 Å². The molecule has 1 aliphatic heterocycles. The molecule has 2 nitrogen and oxygen atoms in total. The molecule has 2 fully saturated rings. The number of rotatable bonds is 5. The van der Waals surface area contributed by atoms with Crippen molar-refractivity contribution in [2.45, 2.75) is 63.8 Å². The van der Waals surface area contributed by atoms with Crippen molar-refractivity contribution in [3.05, 3.63) is 34.9 Å². The van der Waals surface area contributed by atoms with E-state index in [1.807, 2.05) is 6.92 Å². The van der Waals surface area contributed by atoms with Crippen molar-refractivity contribution in [1.82, 2.24) is 5.32 Å².